The Balaban J connectivity index is 1.97. The van der Waals surface area contributed by atoms with Gasteiger partial charge in [-0.3, -0.25) is 4.79 Å². The Kier molecular flexibility index (Phi) is 5.34. The third-order valence-electron chi connectivity index (χ3n) is 5.03. The predicted molar refractivity (Wildman–Crippen MR) is 121 cm³/mol. The zero-order valence-corrected chi connectivity index (χ0v) is 17.8. The molecule has 4 aromatic rings. The van der Waals surface area contributed by atoms with Crippen LogP contribution in [0.1, 0.15) is 26.3 Å². The van der Waals surface area contributed by atoms with Crippen LogP contribution in [-0.2, 0) is 0 Å². The highest BCUT2D eigenvalue weighted by Gasteiger charge is 2.19. The third kappa shape index (κ3) is 4.01. The molecule has 0 aliphatic carbocycles. The first-order chi connectivity index (χ1) is 15.1. The molecule has 0 aliphatic heterocycles. The van der Waals surface area contributed by atoms with Gasteiger partial charge in [-0.15, -0.1) is 0 Å². The van der Waals surface area contributed by atoms with Crippen molar-refractivity contribution in [2.24, 2.45) is 0 Å². The van der Waals surface area contributed by atoms with Gasteiger partial charge in [0.15, 0.2) is 17.6 Å². The van der Waals surface area contributed by atoms with Crippen molar-refractivity contribution in [3.8, 4) is 16.9 Å². The molecule has 7 heteroatoms. The van der Waals surface area contributed by atoms with Crippen LogP contribution in [0.25, 0.3) is 27.7 Å². The second kappa shape index (κ2) is 8.00. The van der Waals surface area contributed by atoms with Gasteiger partial charge < -0.3 is 5.21 Å². The van der Waals surface area contributed by atoms with Crippen molar-refractivity contribution in [1.29, 1.82) is 0 Å². The van der Waals surface area contributed by atoms with Gasteiger partial charge in [-0.05, 0) is 30.3 Å². The summed E-state index contributed by atoms with van der Waals surface area (Å²) in [4.78, 5) is 13.1. The maximum Gasteiger partial charge on any atom is 0.279 e. The fourth-order valence-corrected chi connectivity index (χ4v) is 3.31. The van der Waals surface area contributed by atoms with Crippen LogP contribution in [0.5, 0.6) is 0 Å². The Morgan fingerprint density at radius 1 is 0.969 bits per heavy atom. The Morgan fingerprint density at radius 2 is 1.69 bits per heavy atom. The van der Waals surface area contributed by atoms with E-state index in [1.54, 1.807) is 48.5 Å². The summed E-state index contributed by atoms with van der Waals surface area (Å²) < 4.78 is 29.7. The van der Waals surface area contributed by atoms with E-state index in [4.69, 9.17) is 0 Å². The lowest BCUT2D eigenvalue weighted by atomic mass is 10.0. The molecule has 162 valence electrons. The number of hydrogen-bond acceptors (Lipinski definition) is 3. The molecule has 1 heterocycles. The van der Waals surface area contributed by atoms with Gasteiger partial charge in [-0.25, -0.2) is 13.5 Å². The van der Waals surface area contributed by atoms with Crippen molar-refractivity contribution in [1.82, 2.24) is 9.78 Å². The van der Waals surface area contributed by atoms with Crippen molar-refractivity contribution in [2.75, 3.05) is 0 Å². The van der Waals surface area contributed by atoms with E-state index in [9.17, 15) is 18.8 Å². The van der Waals surface area contributed by atoms with Crippen molar-refractivity contribution >= 4 is 17.0 Å². The van der Waals surface area contributed by atoms with Gasteiger partial charge in [-0.1, -0.05) is 30.3 Å². The van der Waals surface area contributed by atoms with Gasteiger partial charge in [0.25, 0.3) is 5.56 Å². The summed E-state index contributed by atoms with van der Waals surface area (Å²) in [5.41, 5.74) is 0.472. The molecule has 0 unspecified atom stereocenters. The molecule has 3 aromatic carbocycles. The van der Waals surface area contributed by atoms with E-state index in [1.807, 2.05) is 20.8 Å². The second-order valence-electron chi connectivity index (χ2n) is 8.46. The first-order valence-corrected chi connectivity index (χ1v) is 10.0. The molecule has 5 nitrogen and oxygen atoms in total. The van der Waals surface area contributed by atoms with Crippen molar-refractivity contribution in [3.05, 3.63) is 99.5 Å². The minimum Gasteiger partial charge on any atom is -0.623 e. The Bertz CT molecular complexity index is 1420. The topological polar surface area (TPSA) is 61.0 Å². The van der Waals surface area contributed by atoms with Gasteiger partial charge in [0, 0.05) is 43.4 Å². The largest absolute Gasteiger partial charge is 0.623 e. The van der Waals surface area contributed by atoms with Crippen LogP contribution >= 0.6 is 0 Å². The van der Waals surface area contributed by atoms with Crippen molar-refractivity contribution in [3.63, 3.8) is 0 Å². The number of nitrogens with zero attached hydrogens (tertiary/aromatic N) is 3. The zero-order valence-electron chi connectivity index (χ0n) is 17.8. The van der Waals surface area contributed by atoms with E-state index in [-0.39, 0.29) is 5.69 Å². The lowest BCUT2D eigenvalue weighted by Crippen LogP contribution is -2.29. The van der Waals surface area contributed by atoms with Crippen LogP contribution in [0, 0.1) is 16.8 Å². The minimum absolute atomic E-state index is 0.149. The van der Waals surface area contributed by atoms with Gasteiger partial charge >= 0.3 is 0 Å². The molecule has 0 radical (unpaired) electrons. The Hall–Kier alpha value is -3.87. The van der Waals surface area contributed by atoms with Crippen LogP contribution in [0.2, 0.25) is 0 Å². The number of hydrogen-bond donors (Lipinski definition) is 0. The molecule has 0 spiro atoms. The van der Waals surface area contributed by atoms with Gasteiger partial charge in [-0.2, -0.15) is 9.78 Å². The molecule has 0 atom stereocenters. The van der Waals surface area contributed by atoms with Gasteiger partial charge in [0.1, 0.15) is 11.5 Å². The monoisotopic (exact) mass is 433 g/mol. The molecule has 1 aromatic heterocycles. The highest BCUT2D eigenvalue weighted by atomic mass is 19.1. The van der Waals surface area contributed by atoms with E-state index in [0.29, 0.717) is 33.7 Å². The quantitative estimate of drug-likeness (QED) is 0.196. The molecule has 0 saturated heterocycles. The summed E-state index contributed by atoms with van der Waals surface area (Å²) in [6.45, 7) is 5.42. The Morgan fingerprint density at radius 3 is 2.38 bits per heavy atom. The molecule has 0 saturated carbocycles. The lowest BCUT2D eigenvalue weighted by Gasteiger charge is -2.18. The summed E-state index contributed by atoms with van der Waals surface area (Å²) in [6.07, 6.45) is 1.49. The van der Waals surface area contributed by atoms with E-state index in [1.165, 1.54) is 12.3 Å². The highest BCUT2D eigenvalue weighted by Crippen LogP contribution is 2.26. The fraction of sp³-hybridized carbons (Fsp3) is 0.160. The van der Waals surface area contributed by atoms with Crippen molar-refractivity contribution < 1.29 is 13.5 Å². The van der Waals surface area contributed by atoms with Crippen molar-refractivity contribution in [2.45, 2.75) is 26.3 Å². The number of hydroxylamine groups is 1. The summed E-state index contributed by atoms with van der Waals surface area (Å²) >= 11 is 0. The molecule has 4 rings (SSSR count). The molecule has 0 aliphatic rings. The SMILES string of the molecule is CC(C)(C)/[N+]([O-])=C/c1cccc(-c2nn(-c3ccc(F)cc3F)c(=O)c3ccccc23)c1. The lowest BCUT2D eigenvalue weighted by molar-refractivity contribution is -0.530. The smallest absolute Gasteiger partial charge is 0.279 e. The maximum atomic E-state index is 14.5. The molecule has 32 heavy (non-hydrogen) atoms. The number of fused-ring (bicyclic) bond motifs is 1. The first-order valence-electron chi connectivity index (χ1n) is 10.0. The van der Waals surface area contributed by atoms with Crippen LogP contribution in [0.3, 0.4) is 0 Å². The first kappa shape index (κ1) is 21.4. The number of benzene rings is 3. The average Bonchev–Trinajstić information content (AvgIpc) is 2.74. The predicted octanol–water partition coefficient (Wildman–Crippen LogP) is 5.06. The highest BCUT2D eigenvalue weighted by molar-refractivity contribution is 5.94. The molecule has 0 bridgehead atoms. The zero-order chi connectivity index (χ0) is 23.0. The Labute approximate surface area is 183 Å². The standard InChI is InChI=1S/C25H21F2N3O2/c1-25(2,3)29(32)15-16-7-6-8-17(13-16)23-19-9-4-5-10-20(19)24(31)30(28-23)22-12-11-18(26)14-21(22)27/h4-15H,1-3H3/b29-15-. The number of aromatic nitrogens is 2. The number of rotatable bonds is 3. The van der Waals surface area contributed by atoms with Crippen LogP contribution in [0.4, 0.5) is 8.78 Å². The fourth-order valence-electron chi connectivity index (χ4n) is 3.31. The van der Waals surface area contributed by atoms with E-state index < -0.39 is 22.7 Å². The van der Waals surface area contributed by atoms with Gasteiger partial charge in [0.05, 0.1) is 11.1 Å². The molecule has 0 amide bonds. The van der Waals surface area contributed by atoms with Gasteiger partial charge in [0.2, 0.25) is 0 Å². The van der Waals surface area contributed by atoms with E-state index in [2.05, 4.69) is 5.10 Å². The molecular formula is C25H21F2N3O2. The molecule has 0 N–H and O–H groups in total. The van der Waals surface area contributed by atoms with Crippen LogP contribution < -0.4 is 5.56 Å². The summed E-state index contributed by atoms with van der Waals surface area (Å²) in [6, 6.07) is 17.0. The average molecular weight is 433 g/mol. The van der Waals surface area contributed by atoms with E-state index >= 15 is 0 Å². The van der Waals surface area contributed by atoms with E-state index in [0.717, 1.165) is 15.5 Å². The summed E-state index contributed by atoms with van der Waals surface area (Å²) in [5, 5.41) is 17.7. The second-order valence-corrected chi connectivity index (χ2v) is 8.46. The summed E-state index contributed by atoms with van der Waals surface area (Å²) in [5.74, 6) is -1.64. The van der Waals surface area contributed by atoms with Crippen LogP contribution in [0.15, 0.2) is 71.5 Å². The van der Waals surface area contributed by atoms with Crippen LogP contribution in [-0.4, -0.2) is 26.3 Å². The third-order valence-corrected chi connectivity index (χ3v) is 5.03. The minimum atomic E-state index is -0.893. The maximum absolute atomic E-state index is 14.5. The molecule has 0 fully saturated rings. The number of halogens is 2. The summed E-state index contributed by atoms with van der Waals surface area (Å²) in [7, 11) is 0. The molecular weight excluding hydrogens is 412 g/mol. The normalized spacial score (nSPS) is 12.3.